The van der Waals surface area contributed by atoms with Crippen LogP contribution in [0.5, 0.6) is 5.75 Å². The Morgan fingerprint density at radius 2 is 2.06 bits per heavy atom. The number of benzene rings is 1. The van der Waals surface area contributed by atoms with Gasteiger partial charge in [0, 0.05) is 5.56 Å². The summed E-state index contributed by atoms with van der Waals surface area (Å²) in [6.07, 6.45) is 0.882. The van der Waals surface area contributed by atoms with Crippen molar-refractivity contribution in [1.29, 1.82) is 0 Å². The summed E-state index contributed by atoms with van der Waals surface area (Å²) in [5.74, 6) is 0.297. The van der Waals surface area contributed by atoms with Crippen molar-refractivity contribution in [2.75, 3.05) is 13.7 Å². The number of carbonyl (C=O) groups excluding carboxylic acids is 1. The Balaban J connectivity index is 3.08. The molecule has 0 aliphatic carbocycles. The minimum atomic E-state index is -0.295. The molecule has 3 nitrogen and oxygen atoms in total. The van der Waals surface area contributed by atoms with Crippen LogP contribution < -0.4 is 4.74 Å². The van der Waals surface area contributed by atoms with Gasteiger partial charge in [0.1, 0.15) is 5.75 Å². The summed E-state index contributed by atoms with van der Waals surface area (Å²) < 4.78 is 10.4. The maximum Gasteiger partial charge on any atom is 0.313 e. The molecule has 94 valence electrons. The zero-order valence-corrected chi connectivity index (χ0v) is 10.9. The van der Waals surface area contributed by atoms with Crippen LogP contribution in [-0.4, -0.2) is 19.7 Å². The van der Waals surface area contributed by atoms with Crippen molar-refractivity contribution in [3.8, 4) is 5.75 Å². The molecule has 1 aromatic rings. The molecule has 0 fully saturated rings. The van der Waals surface area contributed by atoms with Gasteiger partial charge in [0.05, 0.1) is 19.6 Å². The molecule has 0 N–H and O–H groups in total. The van der Waals surface area contributed by atoms with Crippen molar-refractivity contribution < 1.29 is 14.3 Å². The number of aryl methyl sites for hydroxylation is 1. The predicted molar refractivity (Wildman–Crippen MR) is 67.4 cm³/mol. The number of hydrogen-bond donors (Lipinski definition) is 0. The fraction of sp³-hybridized carbons (Fsp3) is 0.500. The number of hydrogen-bond acceptors (Lipinski definition) is 3. The predicted octanol–water partition coefficient (Wildman–Crippen LogP) is 2.92. The Labute approximate surface area is 103 Å². The second-order valence-electron chi connectivity index (χ2n) is 3.87. The summed E-state index contributed by atoms with van der Waals surface area (Å²) in [4.78, 5) is 11.7. The van der Waals surface area contributed by atoms with E-state index in [4.69, 9.17) is 9.47 Å². The molecule has 17 heavy (non-hydrogen) atoms. The van der Waals surface area contributed by atoms with Gasteiger partial charge in [0.2, 0.25) is 0 Å². The van der Waals surface area contributed by atoms with Crippen LogP contribution in [0, 0.1) is 0 Å². The summed E-state index contributed by atoms with van der Waals surface area (Å²) in [6.45, 7) is 6.12. The summed E-state index contributed by atoms with van der Waals surface area (Å²) in [5.41, 5.74) is 2.01. The van der Waals surface area contributed by atoms with Gasteiger partial charge in [-0.3, -0.25) is 4.79 Å². The first-order chi connectivity index (χ1) is 8.15. The van der Waals surface area contributed by atoms with Crippen molar-refractivity contribution in [1.82, 2.24) is 0 Å². The molecule has 0 bridgehead atoms. The molecular weight excluding hydrogens is 216 g/mol. The third kappa shape index (κ3) is 2.99. The molecule has 0 aliphatic rings. The van der Waals surface area contributed by atoms with E-state index >= 15 is 0 Å². The summed E-state index contributed by atoms with van der Waals surface area (Å²) in [7, 11) is 1.63. The van der Waals surface area contributed by atoms with Crippen LogP contribution in [0.15, 0.2) is 18.2 Å². The Morgan fingerprint density at radius 3 is 2.59 bits per heavy atom. The Bertz CT molecular complexity index is 385. The molecule has 0 aliphatic heterocycles. The molecule has 3 heteroatoms. The van der Waals surface area contributed by atoms with E-state index in [1.54, 1.807) is 7.11 Å². The molecule has 1 rings (SSSR count). The largest absolute Gasteiger partial charge is 0.496 e. The average Bonchev–Trinajstić information content (AvgIpc) is 2.36. The SMILES string of the molecule is CCOC(=O)C(C)c1cccc(CC)c1OC. The number of methoxy groups -OCH3 is 1. The lowest BCUT2D eigenvalue weighted by Crippen LogP contribution is -2.14. The lowest BCUT2D eigenvalue weighted by atomic mass is 9.96. The van der Waals surface area contributed by atoms with Crippen LogP contribution in [0.3, 0.4) is 0 Å². The van der Waals surface area contributed by atoms with E-state index < -0.39 is 0 Å². The van der Waals surface area contributed by atoms with Gasteiger partial charge in [0.25, 0.3) is 0 Å². The highest BCUT2D eigenvalue weighted by Crippen LogP contribution is 2.31. The highest BCUT2D eigenvalue weighted by molar-refractivity contribution is 5.79. The molecule has 0 spiro atoms. The van der Waals surface area contributed by atoms with Crippen LogP contribution in [0.2, 0.25) is 0 Å². The van der Waals surface area contributed by atoms with E-state index in [1.807, 2.05) is 32.0 Å². The van der Waals surface area contributed by atoms with Gasteiger partial charge in [0.15, 0.2) is 0 Å². The number of esters is 1. The maximum atomic E-state index is 11.7. The van der Waals surface area contributed by atoms with Gasteiger partial charge in [-0.15, -0.1) is 0 Å². The Kier molecular flexibility index (Phi) is 5.01. The topological polar surface area (TPSA) is 35.5 Å². The van der Waals surface area contributed by atoms with Crippen LogP contribution >= 0.6 is 0 Å². The van der Waals surface area contributed by atoms with E-state index in [0.29, 0.717) is 6.61 Å². The average molecular weight is 236 g/mol. The Morgan fingerprint density at radius 1 is 1.35 bits per heavy atom. The molecule has 0 saturated carbocycles. The summed E-state index contributed by atoms with van der Waals surface area (Å²) in [5, 5.41) is 0. The molecule has 0 aromatic heterocycles. The molecule has 0 heterocycles. The van der Waals surface area contributed by atoms with E-state index in [2.05, 4.69) is 6.92 Å². The Hall–Kier alpha value is -1.51. The van der Waals surface area contributed by atoms with E-state index in [9.17, 15) is 4.79 Å². The zero-order chi connectivity index (χ0) is 12.8. The van der Waals surface area contributed by atoms with Gasteiger partial charge in [-0.1, -0.05) is 25.1 Å². The van der Waals surface area contributed by atoms with Crippen molar-refractivity contribution in [2.24, 2.45) is 0 Å². The van der Waals surface area contributed by atoms with Crippen molar-refractivity contribution in [3.05, 3.63) is 29.3 Å². The minimum absolute atomic E-state index is 0.209. The molecule has 1 aromatic carbocycles. The van der Waals surface area contributed by atoms with Crippen LogP contribution in [0.4, 0.5) is 0 Å². The van der Waals surface area contributed by atoms with E-state index in [0.717, 1.165) is 23.3 Å². The smallest absolute Gasteiger partial charge is 0.313 e. The standard InChI is InChI=1S/C14H20O3/c1-5-11-8-7-9-12(13(11)16-4)10(3)14(15)17-6-2/h7-10H,5-6H2,1-4H3. The molecule has 0 amide bonds. The van der Waals surface area contributed by atoms with E-state index in [1.165, 1.54) is 0 Å². The normalized spacial score (nSPS) is 12.0. The van der Waals surface area contributed by atoms with Crippen LogP contribution in [-0.2, 0) is 16.0 Å². The minimum Gasteiger partial charge on any atom is -0.496 e. The number of carbonyl (C=O) groups is 1. The first-order valence-electron chi connectivity index (χ1n) is 5.98. The van der Waals surface area contributed by atoms with Crippen LogP contribution in [0.25, 0.3) is 0 Å². The highest BCUT2D eigenvalue weighted by atomic mass is 16.5. The summed E-state index contributed by atoms with van der Waals surface area (Å²) >= 11 is 0. The fourth-order valence-electron chi connectivity index (χ4n) is 1.87. The maximum absolute atomic E-state index is 11.7. The monoisotopic (exact) mass is 236 g/mol. The first-order valence-corrected chi connectivity index (χ1v) is 5.98. The molecule has 0 saturated heterocycles. The molecule has 1 atom stereocenters. The highest BCUT2D eigenvalue weighted by Gasteiger charge is 2.21. The van der Waals surface area contributed by atoms with Crippen molar-refractivity contribution in [2.45, 2.75) is 33.1 Å². The number of ether oxygens (including phenoxy) is 2. The van der Waals surface area contributed by atoms with Gasteiger partial charge >= 0.3 is 5.97 Å². The summed E-state index contributed by atoms with van der Waals surface area (Å²) in [6, 6.07) is 5.88. The second kappa shape index (κ2) is 6.28. The third-order valence-corrected chi connectivity index (χ3v) is 2.82. The van der Waals surface area contributed by atoms with Gasteiger partial charge in [-0.2, -0.15) is 0 Å². The third-order valence-electron chi connectivity index (χ3n) is 2.82. The second-order valence-corrected chi connectivity index (χ2v) is 3.87. The number of rotatable bonds is 5. The fourth-order valence-corrected chi connectivity index (χ4v) is 1.87. The van der Waals surface area contributed by atoms with Crippen LogP contribution in [0.1, 0.15) is 37.8 Å². The lowest BCUT2D eigenvalue weighted by Gasteiger charge is -2.17. The quantitative estimate of drug-likeness (QED) is 0.737. The zero-order valence-electron chi connectivity index (χ0n) is 10.9. The molecular formula is C14H20O3. The molecule has 1 unspecified atom stereocenters. The first kappa shape index (κ1) is 13.6. The van der Waals surface area contributed by atoms with Gasteiger partial charge < -0.3 is 9.47 Å². The molecule has 0 radical (unpaired) electrons. The van der Waals surface area contributed by atoms with Gasteiger partial charge in [-0.25, -0.2) is 0 Å². The van der Waals surface area contributed by atoms with Crippen molar-refractivity contribution >= 4 is 5.97 Å². The van der Waals surface area contributed by atoms with Crippen molar-refractivity contribution in [3.63, 3.8) is 0 Å². The lowest BCUT2D eigenvalue weighted by molar-refractivity contribution is -0.144. The number of para-hydroxylation sites is 1. The van der Waals surface area contributed by atoms with E-state index in [-0.39, 0.29) is 11.9 Å². The van der Waals surface area contributed by atoms with Gasteiger partial charge in [-0.05, 0) is 25.8 Å².